The second-order valence-electron chi connectivity index (χ2n) is 5.56. The minimum atomic E-state index is -3.58. The van der Waals surface area contributed by atoms with E-state index in [0.717, 1.165) is 4.88 Å². The molecule has 1 aromatic carbocycles. The van der Waals surface area contributed by atoms with Crippen molar-refractivity contribution >= 4 is 44.7 Å². The van der Waals surface area contributed by atoms with E-state index in [1.807, 2.05) is 13.0 Å². The van der Waals surface area contributed by atoms with E-state index in [0.29, 0.717) is 10.0 Å². The van der Waals surface area contributed by atoms with Crippen molar-refractivity contribution in [1.82, 2.24) is 9.62 Å². The van der Waals surface area contributed by atoms with Crippen LogP contribution in [0.2, 0.25) is 4.34 Å². The van der Waals surface area contributed by atoms with Crippen LogP contribution in [0.4, 0.5) is 10.5 Å². The zero-order valence-corrected chi connectivity index (χ0v) is 16.8. The standard InChI is InChI=1S/C17H20ClN3O3S2/c1-4-11-21(3)26(23,24)14-7-5-13(6-8-14)20-17(22)19-12(2)15-9-10-16(18)25-15/h4-10,12H,1,11H2,2-3H3,(H2,19,20,22). The van der Waals surface area contributed by atoms with Gasteiger partial charge in [-0.15, -0.1) is 17.9 Å². The SMILES string of the molecule is C=CCN(C)S(=O)(=O)c1ccc(NC(=O)NC(C)c2ccc(Cl)s2)cc1. The Morgan fingerprint density at radius 2 is 1.96 bits per heavy atom. The van der Waals surface area contributed by atoms with Gasteiger partial charge in [0.2, 0.25) is 10.0 Å². The molecule has 1 unspecified atom stereocenters. The molecule has 0 saturated carbocycles. The molecule has 2 N–H and O–H groups in total. The van der Waals surface area contributed by atoms with E-state index in [9.17, 15) is 13.2 Å². The van der Waals surface area contributed by atoms with Gasteiger partial charge in [0, 0.05) is 24.2 Å². The van der Waals surface area contributed by atoms with Gasteiger partial charge in [0.15, 0.2) is 0 Å². The van der Waals surface area contributed by atoms with Crippen LogP contribution in [-0.4, -0.2) is 32.3 Å². The normalized spacial score (nSPS) is 12.6. The van der Waals surface area contributed by atoms with Gasteiger partial charge in [0.25, 0.3) is 0 Å². The Kier molecular flexibility index (Phi) is 6.82. The number of urea groups is 1. The van der Waals surface area contributed by atoms with Crippen LogP contribution >= 0.6 is 22.9 Å². The number of nitrogens with zero attached hydrogens (tertiary/aromatic N) is 1. The topological polar surface area (TPSA) is 78.5 Å². The number of rotatable bonds is 7. The van der Waals surface area contributed by atoms with Gasteiger partial charge in [0.05, 0.1) is 15.3 Å². The number of carbonyl (C=O) groups excluding carboxylic acids is 1. The molecule has 0 fully saturated rings. The van der Waals surface area contributed by atoms with Gasteiger partial charge in [-0.25, -0.2) is 13.2 Å². The highest BCUT2D eigenvalue weighted by Crippen LogP contribution is 2.26. The van der Waals surface area contributed by atoms with Crippen LogP contribution in [0.3, 0.4) is 0 Å². The van der Waals surface area contributed by atoms with Crippen molar-refractivity contribution in [2.24, 2.45) is 0 Å². The number of nitrogens with one attached hydrogen (secondary N) is 2. The van der Waals surface area contributed by atoms with Crippen LogP contribution in [0.25, 0.3) is 0 Å². The van der Waals surface area contributed by atoms with E-state index in [4.69, 9.17) is 11.6 Å². The van der Waals surface area contributed by atoms with E-state index < -0.39 is 10.0 Å². The minimum absolute atomic E-state index is 0.148. The molecule has 6 nitrogen and oxygen atoms in total. The highest BCUT2D eigenvalue weighted by atomic mass is 35.5. The molecular formula is C17H20ClN3O3S2. The van der Waals surface area contributed by atoms with Crippen molar-refractivity contribution in [1.29, 1.82) is 0 Å². The molecule has 0 spiro atoms. The quantitative estimate of drug-likeness (QED) is 0.671. The first-order valence-electron chi connectivity index (χ1n) is 7.74. The maximum atomic E-state index is 12.3. The summed E-state index contributed by atoms with van der Waals surface area (Å²) in [5.41, 5.74) is 0.490. The Morgan fingerprint density at radius 3 is 2.50 bits per heavy atom. The van der Waals surface area contributed by atoms with E-state index >= 15 is 0 Å². The fourth-order valence-electron chi connectivity index (χ4n) is 2.17. The molecule has 2 rings (SSSR count). The zero-order chi connectivity index (χ0) is 19.3. The average molecular weight is 414 g/mol. The van der Waals surface area contributed by atoms with Gasteiger partial charge in [-0.3, -0.25) is 0 Å². The molecule has 1 atom stereocenters. The lowest BCUT2D eigenvalue weighted by Crippen LogP contribution is -2.30. The Labute approximate surface area is 162 Å². The van der Waals surface area contributed by atoms with Gasteiger partial charge in [0.1, 0.15) is 0 Å². The van der Waals surface area contributed by atoms with Crippen LogP contribution < -0.4 is 10.6 Å². The summed E-state index contributed by atoms with van der Waals surface area (Å²) in [6.45, 7) is 5.61. The Hall–Kier alpha value is -1.87. The summed E-state index contributed by atoms with van der Waals surface area (Å²) in [5.74, 6) is 0. The molecule has 2 amide bonds. The number of carbonyl (C=O) groups is 1. The Balaban J connectivity index is 2.00. The molecule has 0 radical (unpaired) electrons. The van der Waals surface area contributed by atoms with Gasteiger partial charge < -0.3 is 10.6 Å². The summed E-state index contributed by atoms with van der Waals surface area (Å²) in [4.78, 5) is 13.2. The molecule has 0 aliphatic rings. The number of thiophene rings is 1. The summed E-state index contributed by atoms with van der Waals surface area (Å²) in [6, 6.07) is 9.04. The summed E-state index contributed by atoms with van der Waals surface area (Å²) >= 11 is 7.30. The van der Waals surface area contributed by atoms with E-state index in [1.165, 1.54) is 40.9 Å². The van der Waals surface area contributed by atoms with Crippen LogP contribution in [-0.2, 0) is 10.0 Å². The number of anilines is 1. The largest absolute Gasteiger partial charge is 0.331 e. The number of hydrogen-bond donors (Lipinski definition) is 2. The average Bonchev–Trinajstić information content (AvgIpc) is 3.02. The number of likely N-dealkylation sites (N-methyl/N-ethyl adjacent to an activating group) is 1. The number of halogens is 1. The molecule has 0 aliphatic heterocycles. The maximum absolute atomic E-state index is 12.3. The predicted octanol–water partition coefficient (Wildman–Crippen LogP) is 4.09. The fourth-order valence-corrected chi connectivity index (χ4v) is 4.37. The molecule has 0 bridgehead atoms. The maximum Gasteiger partial charge on any atom is 0.319 e. The highest BCUT2D eigenvalue weighted by molar-refractivity contribution is 7.89. The lowest BCUT2D eigenvalue weighted by atomic mass is 10.3. The lowest BCUT2D eigenvalue weighted by Gasteiger charge is -2.16. The molecule has 1 aromatic heterocycles. The zero-order valence-electron chi connectivity index (χ0n) is 14.4. The molecule has 26 heavy (non-hydrogen) atoms. The number of hydrogen-bond acceptors (Lipinski definition) is 4. The van der Waals surface area contributed by atoms with Gasteiger partial charge >= 0.3 is 6.03 Å². The smallest absolute Gasteiger partial charge is 0.319 e. The van der Waals surface area contributed by atoms with Gasteiger partial charge in [-0.1, -0.05) is 17.7 Å². The summed E-state index contributed by atoms with van der Waals surface area (Å²) in [7, 11) is -2.10. The van der Waals surface area contributed by atoms with Crippen molar-refractivity contribution in [2.45, 2.75) is 17.9 Å². The third kappa shape index (κ3) is 5.07. The Bertz CT molecular complexity index is 879. The van der Waals surface area contributed by atoms with E-state index in [-0.39, 0.29) is 23.5 Å². The molecule has 140 valence electrons. The minimum Gasteiger partial charge on any atom is -0.331 e. The third-order valence-corrected chi connectivity index (χ3v) is 6.83. The summed E-state index contributed by atoms with van der Waals surface area (Å²) in [6.07, 6.45) is 1.51. The monoisotopic (exact) mass is 413 g/mol. The van der Waals surface area contributed by atoms with Crippen LogP contribution in [0.15, 0.2) is 53.9 Å². The number of sulfonamides is 1. The first-order valence-corrected chi connectivity index (χ1v) is 10.4. The predicted molar refractivity (Wildman–Crippen MR) is 106 cm³/mol. The molecular weight excluding hydrogens is 394 g/mol. The fraction of sp³-hybridized carbons (Fsp3) is 0.235. The van der Waals surface area contributed by atoms with Crippen LogP contribution in [0.5, 0.6) is 0 Å². The van der Waals surface area contributed by atoms with Crippen molar-refractivity contribution in [3.05, 3.63) is 58.3 Å². The van der Waals surface area contributed by atoms with Gasteiger partial charge in [-0.05, 0) is 43.3 Å². The van der Waals surface area contributed by atoms with E-state index in [1.54, 1.807) is 18.2 Å². The highest BCUT2D eigenvalue weighted by Gasteiger charge is 2.19. The van der Waals surface area contributed by atoms with E-state index in [2.05, 4.69) is 17.2 Å². The number of amides is 2. The Morgan fingerprint density at radius 1 is 1.31 bits per heavy atom. The molecule has 0 saturated heterocycles. The van der Waals surface area contributed by atoms with Crippen LogP contribution in [0.1, 0.15) is 17.8 Å². The second kappa shape index (κ2) is 8.68. The molecule has 2 aromatic rings. The van der Waals surface area contributed by atoms with Crippen LogP contribution in [0, 0.1) is 0 Å². The molecule has 9 heteroatoms. The molecule has 1 heterocycles. The molecule has 0 aliphatic carbocycles. The van der Waals surface area contributed by atoms with Crippen molar-refractivity contribution in [3.8, 4) is 0 Å². The third-order valence-electron chi connectivity index (χ3n) is 3.57. The van der Waals surface area contributed by atoms with Crippen molar-refractivity contribution in [3.63, 3.8) is 0 Å². The van der Waals surface area contributed by atoms with Crippen molar-refractivity contribution in [2.75, 3.05) is 18.9 Å². The second-order valence-corrected chi connectivity index (χ2v) is 9.35. The lowest BCUT2D eigenvalue weighted by molar-refractivity contribution is 0.249. The summed E-state index contributed by atoms with van der Waals surface area (Å²) < 4.78 is 26.5. The van der Waals surface area contributed by atoms with Crippen molar-refractivity contribution < 1.29 is 13.2 Å². The summed E-state index contributed by atoms with van der Waals surface area (Å²) in [5, 5.41) is 5.48. The first-order chi connectivity index (χ1) is 12.2. The number of benzene rings is 1. The first kappa shape index (κ1) is 20.4. The van der Waals surface area contributed by atoms with Gasteiger partial charge in [-0.2, -0.15) is 4.31 Å².